The second-order valence-electron chi connectivity index (χ2n) is 3.84. The lowest BCUT2D eigenvalue weighted by Gasteiger charge is -2.12. The minimum Gasteiger partial charge on any atom is -0.307 e. The van der Waals surface area contributed by atoms with Crippen LogP contribution in [-0.2, 0) is 6.42 Å². The topological polar surface area (TPSA) is 3.24 Å². The highest BCUT2D eigenvalue weighted by atomic mass is 15.1. The summed E-state index contributed by atoms with van der Waals surface area (Å²) in [5.74, 6) is 0. The Balaban J connectivity index is 2.10. The van der Waals surface area contributed by atoms with Crippen LogP contribution in [0, 0.1) is 0 Å². The first-order chi connectivity index (χ1) is 6.83. The normalized spacial score (nSPS) is 10.8. The smallest absolute Gasteiger partial charge is 0.00218 e. The number of nitrogens with zero attached hydrogens (tertiary/aromatic N) is 1. The first-order valence-corrected chi connectivity index (χ1v) is 5.55. The quantitative estimate of drug-likeness (QED) is 0.625. The summed E-state index contributed by atoms with van der Waals surface area (Å²) < 4.78 is 0. The van der Waals surface area contributed by atoms with Crippen molar-refractivity contribution >= 4 is 0 Å². The van der Waals surface area contributed by atoms with Gasteiger partial charge in [-0.05, 0) is 45.0 Å². The van der Waals surface area contributed by atoms with E-state index in [1.54, 1.807) is 0 Å². The molecule has 1 aromatic carbocycles. The monoisotopic (exact) mass is 191 g/mol. The van der Waals surface area contributed by atoms with Gasteiger partial charge < -0.3 is 4.90 Å². The van der Waals surface area contributed by atoms with E-state index >= 15 is 0 Å². The molecule has 1 heteroatoms. The van der Waals surface area contributed by atoms with E-state index < -0.39 is 0 Å². The van der Waals surface area contributed by atoms with E-state index in [1.165, 1.54) is 31.4 Å². The van der Waals surface area contributed by atoms with Gasteiger partial charge in [-0.3, -0.25) is 0 Å². The Morgan fingerprint density at radius 3 is 2.43 bits per heavy atom. The van der Waals surface area contributed by atoms with Crippen LogP contribution in [0.25, 0.3) is 0 Å². The number of unbranched alkanes of at least 4 members (excludes halogenated alkanes) is 1. The molecule has 0 unspecified atom stereocenters. The highest BCUT2D eigenvalue weighted by Gasteiger charge is 1.95. The van der Waals surface area contributed by atoms with Crippen molar-refractivity contribution < 1.29 is 0 Å². The summed E-state index contributed by atoms with van der Waals surface area (Å²) in [4.78, 5) is 2.37. The van der Waals surface area contributed by atoms with Crippen LogP contribution in [0.3, 0.4) is 0 Å². The zero-order valence-electron chi connectivity index (χ0n) is 9.37. The molecule has 14 heavy (non-hydrogen) atoms. The van der Waals surface area contributed by atoms with Gasteiger partial charge in [0.15, 0.2) is 0 Å². The zero-order chi connectivity index (χ0) is 10.2. The van der Waals surface area contributed by atoms with Gasteiger partial charge in [0.25, 0.3) is 0 Å². The molecule has 0 radical (unpaired) electrons. The van der Waals surface area contributed by atoms with Gasteiger partial charge in [0.1, 0.15) is 0 Å². The van der Waals surface area contributed by atoms with Gasteiger partial charge in [-0.2, -0.15) is 0 Å². The molecule has 0 amide bonds. The number of hydrogen-bond acceptors (Lipinski definition) is 1. The van der Waals surface area contributed by atoms with E-state index in [-0.39, 0.29) is 0 Å². The molecule has 0 aromatic heterocycles. The molecule has 0 aliphatic rings. The van der Waals surface area contributed by atoms with Crippen molar-refractivity contribution in [1.82, 2.24) is 4.90 Å². The Morgan fingerprint density at radius 1 is 1.07 bits per heavy atom. The third-order valence-corrected chi connectivity index (χ3v) is 2.64. The van der Waals surface area contributed by atoms with Crippen LogP contribution in [0.5, 0.6) is 0 Å². The fourth-order valence-electron chi connectivity index (χ4n) is 1.51. The highest BCUT2D eigenvalue weighted by molar-refractivity contribution is 5.14. The minimum atomic E-state index is 1.16. The molecule has 0 spiro atoms. The summed E-state index contributed by atoms with van der Waals surface area (Å²) in [6, 6.07) is 10.7. The van der Waals surface area contributed by atoms with Gasteiger partial charge in [-0.15, -0.1) is 0 Å². The molecule has 1 aromatic rings. The summed E-state index contributed by atoms with van der Waals surface area (Å²) in [6.45, 7) is 4.59. The van der Waals surface area contributed by atoms with Crippen molar-refractivity contribution in [1.29, 1.82) is 0 Å². The third-order valence-electron chi connectivity index (χ3n) is 2.64. The standard InChI is InChI=1S/C13H21N/c1-3-14(2)12-8-7-11-13-9-5-4-6-10-13/h4-6,9-10H,3,7-8,11-12H2,1-2H3. The maximum absolute atomic E-state index is 2.37. The Bertz CT molecular complexity index is 230. The molecular weight excluding hydrogens is 170 g/mol. The number of rotatable bonds is 6. The van der Waals surface area contributed by atoms with E-state index in [4.69, 9.17) is 0 Å². The zero-order valence-corrected chi connectivity index (χ0v) is 9.37. The van der Waals surface area contributed by atoms with Gasteiger partial charge >= 0.3 is 0 Å². The van der Waals surface area contributed by atoms with Crippen LogP contribution in [-0.4, -0.2) is 25.0 Å². The Labute approximate surface area is 87.7 Å². The lowest BCUT2D eigenvalue weighted by atomic mass is 10.1. The highest BCUT2D eigenvalue weighted by Crippen LogP contribution is 2.04. The number of aryl methyl sites for hydroxylation is 1. The van der Waals surface area contributed by atoms with Crippen molar-refractivity contribution in [2.45, 2.75) is 26.2 Å². The lowest BCUT2D eigenvalue weighted by molar-refractivity contribution is 0.343. The van der Waals surface area contributed by atoms with Crippen LogP contribution in [0.2, 0.25) is 0 Å². The summed E-state index contributed by atoms with van der Waals surface area (Å²) in [6.07, 6.45) is 3.83. The van der Waals surface area contributed by atoms with Crippen LogP contribution in [0.15, 0.2) is 30.3 Å². The van der Waals surface area contributed by atoms with Crippen molar-refractivity contribution in [2.75, 3.05) is 20.1 Å². The van der Waals surface area contributed by atoms with Crippen molar-refractivity contribution in [2.24, 2.45) is 0 Å². The number of hydrogen-bond donors (Lipinski definition) is 0. The van der Waals surface area contributed by atoms with Crippen molar-refractivity contribution in [3.05, 3.63) is 35.9 Å². The third kappa shape index (κ3) is 4.43. The fourth-order valence-corrected chi connectivity index (χ4v) is 1.51. The van der Waals surface area contributed by atoms with E-state index in [0.29, 0.717) is 0 Å². The fraction of sp³-hybridized carbons (Fsp3) is 0.538. The lowest BCUT2D eigenvalue weighted by Crippen LogP contribution is -2.18. The van der Waals surface area contributed by atoms with E-state index in [9.17, 15) is 0 Å². The van der Waals surface area contributed by atoms with Gasteiger partial charge in [0.2, 0.25) is 0 Å². The Morgan fingerprint density at radius 2 is 1.79 bits per heavy atom. The molecule has 78 valence electrons. The van der Waals surface area contributed by atoms with Gasteiger partial charge in [0, 0.05) is 0 Å². The van der Waals surface area contributed by atoms with Gasteiger partial charge in [0.05, 0.1) is 0 Å². The van der Waals surface area contributed by atoms with Gasteiger partial charge in [-0.1, -0.05) is 37.3 Å². The molecule has 0 saturated carbocycles. The number of benzene rings is 1. The second-order valence-corrected chi connectivity index (χ2v) is 3.84. The van der Waals surface area contributed by atoms with Crippen molar-refractivity contribution in [3.8, 4) is 0 Å². The van der Waals surface area contributed by atoms with E-state index in [1.807, 2.05) is 0 Å². The van der Waals surface area contributed by atoms with Crippen molar-refractivity contribution in [3.63, 3.8) is 0 Å². The molecule has 0 aliphatic heterocycles. The average Bonchev–Trinajstić information content (AvgIpc) is 2.25. The van der Waals surface area contributed by atoms with Crippen LogP contribution in [0.1, 0.15) is 25.3 Å². The Kier molecular flexibility index (Phi) is 5.31. The maximum atomic E-state index is 2.37. The van der Waals surface area contributed by atoms with Crippen LogP contribution < -0.4 is 0 Å². The molecule has 0 saturated heterocycles. The average molecular weight is 191 g/mol. The summed E-state index contributed by atoms with van der Waals surface area (Å²) in [5, 5.41) is 0. The molecule has 0 N–H and O–H groups in total. The van der Waals surface area contributed by atoms with E-state index in [0.717, 1.165) is 6.54 Å². The predicted molar refractivity (Wildman–Crippen MR) is 62.6 cm³/mol. The molecule has 0 aliphatic carbocycles. The van der Waals surface area contributed by atoms with Crippen LogP contribution in [0.4, 0.5) is 0 Å². The summed E-state index contributed by atoms with van der Waals surface area (Å²) >= 11 is 0. The van der Waals surface area contributed by atoms with Crippen LogP contribution >= 0.6 is 0 Å². The summed E-state index contributed by atoms with van der Waals surface area (Å²) in [7, 11) is 2.18. The second kappa shape index (κ2) is 6.61. The van der Waals surface area contributed by atoms with E-state index in [2.05, 4.69) is 49.2 Å². The SMILES string of the molecule is CCN(C)CCCCc1ccccc1. The molecular formula is C13H21N. The Hall–Kier alpha value is -0.820. The maximum Gasteiger partial charge on any atom is -0.00218 e. The molecule has 1 nitrogen and oxygen atoms in total. The minimum absolute atomic E-state index is 1.16. The summed E-state index contributed by atoms with van der Waals surface area (Å²) in [5.41, 5.74) is 1.46. The first kappa shape index (κ1) is 11.3. The molecule has 0 heterocycles. The molecule has 0 fully saturated rings. The first-order valence-electron chi connectivity index (χ1n) is 5.55. The molecule has 0 atom stereocenters. The largest absolute Gasteiger partial charge is 0.307 e. The molecule has 1 rings (SSSR count). The predicted octanol–water partition coefficient (Wildman–Crippen LogP) is 2.96. The van der Waals surface area contributed by atoms with Gasteiger partial charge in [-0.25, -0.2) is 0 Å². The molecule has 0 bridgehead atoms.